The van der Waals surface area contributed by atoms with E-state index in [1.165, 1.54) is 5.56 Å². The van der Waals surface area contributed by atoms with Crippen molar-refractivity contribution >= 4 is 11.5 Å². The van der Waals surface area contributed by atoms with E-state index in [1.54, 1.807) is 6.92 Å². The van der Waals surface area contributed by atoms with E-state index in [-0.39, 0.29) is 5.78 Å². The summed E-state index contributed by atoms with van der Waals surface area (Å²) in [6.07, 6.45) is 0. The second-order valence-corrected chi connectivity index (χ2v) is 3.59. The molecule has 1 aromatic rings. The molecule has 2 heteroatoms. The molecule has 14 heavy (non-hydrogen) atoms. The molecular formula is C12H17NO. The SMILES string of the molecule is CCNc1cc(C)cc(C)c1C(C)=O. The van der Waals surface area contributed by atoms with Gasteiger partial charge in [-0.1, -0.05) is 6.07 Å². The van der Waals surface area contributed by atoms with Crippen molar-refractivity contribution in [3.8, 4) is 0 Å². The maximum Gasteiger partial charge on any atom is 0.162 e. The molecule has 0 fully saturated rings. The number of nitrogens with one attached hydrogen (secondary N) is 1. The lowest BCUT2D eigenvalue weighted by atomic mass is 10.0. The quantitative estimate of drug-likeness (QED) is 0.744. The first-order valence-electron chi connectivity index (χ1n) is 4.92. The minimum atomic E-state index is 0.124. The number of aryl methyl sites for hydroxylation is 2. The molecule has 0 bridgehead atoms. The second kappa shape index (κ2) is 4.27. The Kier molecular flexibility index (Phi) is 3.28. The van der Waals surface area contributed by atoms with Crippen LogP contribution in [0.5, 0.6) is 0 Å². The molecule has 0 spiro atoms. The van der Waals surface area contributed by atoms with Gasteiger partial charge >= 0.3 is 0 Å². The average molecular weight is 191 g/mol. The fraction of sp³-hybridized carbons (Fsp3) is 0.417. The van der Waals surface area contributed by atoms with Crippen LogP contribution < -0.4 is 5.32 Å². The van der Waals surface area contributed by atoms with Crippen LogP contribution in [0.1, 0.15) is 35.3 Å². The maximum absolute atomic E-state index is 11.4. The highest BCUT2D eigenvalue weighted by Gasteiger charge is 2.10. The number of anilines is 1. The predicted octanol–water partition coefficient (Wildman–Crippen LogP) is 2.94. The average Bonchev–Trinajstić information content (AvgIpc) is 2.01. The number of hydrogen-bond acceptors (Lipinski definition) is 2. The molecule has 76 valence electrons. The van der Waals surface area contributed by atoms with E-state index in [0.29, 0.717) is 0 Å². The predicted molar refractivity (Wildman–Crippen MR) is 60.1 cm³/mol. The fourth-order valence-corrected chi connectivity index (χ4v) is 1.76. The van der Waals surface area contributed by atoms with Crippen molar-refractivity contribution in [1.29, 1.82) is 0 Å². The topological polar surface area (TPSA) is 29.1 Å². The van der Waals surface area contributed by atoms with Crippen LogP contribution in [-0.4, -0.2) is 12.3 Å². The Morgan fingerprint density at radius 2 is 2.00 bits per heavy atom. The van der Waals surface area contributed by atoms with Crippen molar-refractivity contribution in [1.82, 2.24) is 0 Å². The molecule has 0 aliphatic heterocycles. The van der Waals surface area contributed by atoms with Crippen LogP contribution >= 0.6 is 0 Å². The minimum Gasteiger partial charge on any atom is -0.385 e. The van der Waals surface area contributed by atoms with Gasteiger partial charge in [0.05, 0.1) is 0 Å². The van der Waals surface area contributed by atoms with Crippen LogP contribution in [0.4, 0.5) is 5.69 Å². The zero-order valence-corrected chi connectivity index (χ0v) is 9.27. The fourth-order valence-electron chi connectivity index (χ4n) is 1.76. The van der Waals surface area contributed by atoms with Crippen LogP contribution in [0.3, 0.4) is 0 Å². The van der Waals surface area contributed by atoms with Crippen molar-refractivity contribution in [2.75, 3.05) is 11.9 Å². The van der Waals surface area contributed by atoms with Gasteiger partial charge in [-0.15, -0.1) is 0 Å². The molecule has 0 aromatic heterocycles. The van der Waals surface area contributed by atoms with Gasteiger partial charge in [-0.3, -0.25) is 4.79 Å². The largest absolute Gasteiger partial charge is 0.385 e. The molecule has 1 rings (SSSR count). The Balaban J connectivity index is 3.28. The molecule has 0 atom stereocenters. The summed E-state index contributed by atoms with van der Waals surface area (Å²) < 4.78 is 0. The molecule has 0 aliphatic carbocycles. The normalized spacial score (nSPS) is 10.0. The van der Waals surface area contributed by atoms with E-state index in [9.17, 15) is 4.79 Å². The highest BCUT2D eigenvalue weighted by molar-refractivity contribution is 6.01. The van der Waals surface area contributed by atoms with Crippen LogP contribution in [0.25, 0.3) is 0 Å². The summed E-state index contributed by atoms with van der Waals surface area (Å²) in [5, 5.41) is 3.22. The van der Waals surface area contributed by atoms with Gasteiger partial charge in [0, 0.05) is 17.8 Å². The Morgan fingerprint density at radius 3 is 2.50 bits per heavy atom. The number of hydrogen-bond donors (Lipinski definition) is 1. The molecule has 2 nitrogen and oxygen atoms in total. The smallest absolute Gasteiger partial charge is 0.162 e. The van der Waals surface area contributed by atoms with Gasteiger partial charge in [-0.2, -0.15) is 0 Å². The number of rotatable bonds is 3. The van der Waals surface area contributed by atoms with Crippen LogP contribution in [-0.2, 0) is 0 Å². The van der Waals surface area contributed by atoms with Gasteiger partial charge in [0.1, 0.15) is 0 Å². The van der Waals surface area contributed by atoms with Gasteiger partial charge < -0.3 is 5.32 Å². The summed E-state index contributed by atoms with van der Waals surface area (Å²) in [4.78, 5) is 11.4. The lowest BCUT2D eigenvalue weighted by Crippen LogP contribution is -2.06. The second-order valence-electron chi connectivity index (χ2n) is 3.59. The third-order valence-corrected chi connectivity index (χ3v) is 2.20. The Labute approximate surface area is 85.3 Å². The van der Waals surface area contributed by atoms with E-state index < -0.39 is 0 Å². The van der Waals surface area contributed by atoms with Crippen LogP contribution in [0.2, 0.25) is 0 Å². The summed E-state index contributed by atoms with van der Waals surface area (Å²) in [7, 11) is 0. The van der Waals surface area contributed by atoms with E-state index in [0.717, 1.165) is 23.4 Å². The van der Waals surface area contributed by atoms with Crippen molar-refractivity contribution in [3.05, 3.63) is 28.8 Å². The number of Topliss-reactive ketones (excluding diaryl/α,β-unsaturated/α-hetero) is 1. The number of carbonyl (C=O) groups excluding carboxylic acids is 1. The first-order chi connectivity index (χ1) is 6.56. The van der Waals surface area contributed by atoms with Gasteiger partial charge in [0.25, 0.3) is 0 Å². The minimum absolute atomic E-state index is 0.124. The molecule has 0 aliphatic rings. The van der Waals surface area contributed by atoms with E-state index in [4.69, 9.17) is 0 Å². The first-order valence-corrected chi connectivity index (χ1v) is 4.92. The molecule has 0 amide bonds. The van der Waals surface area contributed by atoms with Gasteiger partial charge in [-0.05, 0) is 44.9 Å². The van der Waals surface area contributed by atoms with Crippen molar-refractivity contribution < 1.29 is 4.79 Å². The Morgan fingerprint density at radius 1 is 1.36 bits per heavy atom. The van der Waals surface area contributed by atoms with Gasteiger partial charge in [0.15, 0.2) is 5.78 Å². The molecule has 0 saturated carbocycles. The third kappa shape index (κ3) is 2.13. The van der Waals surface area contributed by atoms with Crippen molar-refractivity contribution in [2.24, 2.45) is 0 Å². The highest BCUT2D eigenvalue weighted by Crippen LogP contribution is 2.22. The molecule has 0 radical (unpaired) electrons. The molecule has 1 aromatic carbocycles. The standard InChI is InChI=1S/C12H17NO/c1-5-13-11-7-8(2)6-9(3)12(11)10(4)14/h6-7,13H,5H2,1-4H3. The zero-order chi connectivity index (χ0) is 10.7. The van der Waals surface area contributed by atoms with Crippen molar-refractivity contribution in [3.63, 3.8) is 0 Å². The molecule has 1 N–H and O–H groups in total. The van der Waals surface area contributed by atoms with E-state index in [2.05, 4.69) is 5.32 Å². The zero-order valence-electron chi connectivity index (χ0n) is 9.27. The Hall–Kier alpha value is -1.31. The van der Waals surface area contributed by atoms with Crippen LogP contribution in [0, 0.1) is 13.8 Å². The molecule has 0 saturated heterocycles. The lowest BCUT2D eigenvalue weighted by molar-refractivity contribution is 0.101. The Bertz CT molecular complexity index is 356. The van der Waals surface area contributed by atoms with Crippen LogP contribution in [0.15, 0.2) is 12.1 Å². The molecule has 0 unspecified atom stereocenters. The highest BCUT2D eigenvalue weighted by atomic mass is 16.1. The number of benzene rings is 1. The maximum atomic E-state index is 11.4. The van der Waals surface area contributed by atoms with Gasteiger partial charge in [-0.25, -0.2) is 0 Å². The van der Waals surface area contributed by atoms with Gasteiger partial charge in [0.2, 0.25) is 0 Å². The third-order valence-electron chi connectivity index (χ3n) is 2.20. The molecular weight excluding hydrogens is 174 g/mol. The monoisotopic (exact) mass is 191 g/mol. The number of carbonyl (C=O) groups is 1. The molecule has 0 heterocycles. The lowest BCUT2D eigenvalue weighted by Gasteiger charge is -2.12. The van der Waals surface area contributed by atoms with E-state index in [1.807, 2.05) is 32.9 Å². The summed E-state index contributed by atoms with van der Waals surface area (Å²) in [5.41, 5.74) is 4.01. The van der Waals surface area contributed by atoms with Crippen molar-refractivity contribution in [2.45, 2.75) is 27.7 Å². The summed E-state index contributed by atoms with van der Waals surface area (Å²) in [5.74, 6) is 0.124. The van der Waals surface area contributed by atoms with E-state index >= 15 is 0 Å². The first kappa shape index (κ1) is 10.8. The summed E-state index contributed by atoms with van der Waals surface area (Å²) >= 11 is 0. The summed E-state index contributed by atoms with van der Waals surface area (Å²) in [6.45, 7) is 8.49. The summed E-state index contributed by atoms with van der Waals surface area (Å²) in [6, 6.07) is 4.06. The number of ketones is 1.